The second-order valence-electron chi connectivity index (χ2n) is 18.8. The number of benzene rings is 10. The van der Waals surface area contributed by atoms with Crippen LogP contribution in [0.3, 0.4) is 0 Å². The molecular weight excluding hydrogens is 849 g/mol. The maximum absolute atomic E-state index is 11.2. The number of fused-ring (bicyclic) bond motifs is 6. The third-order valence-electron chi connectivity index (χ3n) is 14.0. The lowest BCUT2D eigenvalue weighted by atomic mass is 9.96. The fraction of sp³-hybridized carbons (Fsp3) is 0.0606. The molecule has 70 heavy (non-hydrogen) atoms. The highest BCUT2D eigenvalue weighted by molar-refractivity contribution is 6.14. The van der Waals surface area contributed by atoms with Crippen LogP contribution in [0.15, 0.2) is 206 Å². The Balaban J connectivity index is 1.21. The Kier molecular flexibility index (Phi) is 10.1. The second kappa shape index (κ2) is 16.8. The molecule has 0 aliphatic rings. The molecule has 0 fully saturated rings. The normalized spacial score (nSPS) is 11.4. The van der Waals surface area contributed by atoms with E-state index >= 15 is 0 Å². The van der Waals surface area contributed by atoms with Crippen LogP contribution in [0.4, 0.5) is 0 Å². The molecule has 0 saturated heterocycles. The van der Waals surface area contributed by atoms with Crippen LogP contribution in [0.25, 0.3) is 111 Å². The molecule has 10 aromatic carbocycles. The van der Waals surface area contributed by atoms with Crippen molar-refractivity contribution in [3.8, 4) is 79.1 Å². The quantitative estimate of drug-likeness (QED) is 0.160. The van der Waals surface area contributed by atoms with Crippen molar-refractivity contribution in [1.29, 1.82) is 10.5 Å². The molecule has 0 amide bonds. The summed E-state index contributed by atoms with van der Waals surface area (Å²) in [6.45, 7) is 8.55. The van der Waals surface area contributed by atoms with E-state index < -0.39 is 0 Å². The minimum Gasteiger partial charge on any atom is -0.307 e. The number of aryl methyl sites for hydroxylation is 4. The fourth-order valence-corrected chi connectivity index (χ4v) is 10.6. The summed E-state index contributed by atoms with van der Waals surface area (Å²) in [4.78, 5) is 0. The number of nitriles is 2. The van der Waals surface area contributed by atoms with Crippen molar-refractivity contribution in [2.24, 2.45) is 0 Å². The van der Waals surface area contributed by atoms with E-state index in [1.54, 1.807) is 0 Å². The third kappa shape index (κ3) is 7.23. The number of hydrogen-bond acceptors (Lipinski definition) is 2. The molecule has 0 saturated carbocycles. The molecule has 4 nitrogen and oxygen atoms in total. The Bertz CT molecular complexity index is 4000. The first-order chi connectivity index (χ1) is 34.2. The smallest absolute Gasteiger partial charge is 0.0998 e. The monoisotopic (exact) mass is 894 g/mol. The molecule has 2 aromatic heterocycles. The van der Waals surface area contributed by atoms with E-state index in [0.29, 0.717) is 11.1 Å². The lowest BCUT2D eigenvalue weighted by Crippen LogP contribution is -2.05. The molecule has 2 heterocycles. The summed E-state index contributed by atoms with van der Waals surface area (Å²) in [5.41, 5.74) is 22.6. The van der Waals surface area contributed by atoms with E-state index in [0.717, 1.165) is 111 Å². The van der Waals surface area contributed by atoms with Crippen molar-refractivity contribution in [3.05, 3.63) is 240 Å². The Morgan fingerprint density at radius 3 is 0.971 bits per heavy atom. The number of hydrogen-bond donors (Lipinski definition) is 0. The molecular formula is C66H46N4. The zero-order valence-electron chi connectivity index (χ0n) is 39.4. The van der Waals surface area contributed by atoms with Gasteiger partial charge in [0.15, 0.2) is 0 Å². The summed E-state index contributed by atoms with van der Waals surface area (Å²) in [5.74, 6) is 0. The van der Waals surface area contributed by atoms with Gasteiger partial charge in [0.2, 0.25) is 0 Å². The van der Waals surface area contributed by atoms with E-state index in [4.69, 9.17) is 0 Å². The molecule has 12 rings (SSSR count). The maximum atomic E-state index is 11.2. The van der Waals surface area contributed by atoms with Gasteiger partial charge in [-0.3, -0.25) is 0 Å². The van der Waals surface area contributed by atoms with Crippen molar-refractivity contribution in [2.45, 2.75) is 27.7 Å². The largest absolute Gasteiger partial charge is 0.307 e. The average molecular weight is 895 g/mol. The highest BCUT2D eigenvalue weighted by Crippen LogP contribution is 2.44. The molecule has 0 unspecified atom stereocenters. The zero-order chi connectivity index (χ0) is 47.6. The van der Waals surface area contributed by atoms with Gasteiger partial charge >= 0.3 is 0 Å². The first kappa shape index (κ1) is 42.2. The topological polar surface area (TPSA) is 57.4 Å². The summed E-state index contributed by atoms with van der Waals surface area (Å²) in [5, 5.41) is 25.7. The molecule has 0 atom stereocenters. The average Bonchev–Trinajstić information content (AvgIpc) is 3.89. The van der Waals surface area contributed by atoms with Gasteiger partial charge in [-0.2, -0.15) is 10.5 Å². The van der Waals surface area contributed by atoms with Crippen molar-refractivity contribution >= 4 is 43.6 Å². The molecule has 0 radical (unpaired) electrons. The van der Waals surface area contributed by atoms with E-state index in [9.17, 15) is 10.5 Å². The van der Waals surface area contributed by atoms with Crippen LogP contribution in [0.2, 0.25) is 0 Å². The molecule has 0 aliphatic heterocycles. The number of nitrogens with zero attached hydrogens (tertiary/aromatic N) is 4. The SMILES string of the molecule is Cc1cccc(-c2ccc3c(c2)c2cc(-c4cccc(C)c4)ccc2n3-c2cc(C#N)c(-c3cccc(C#N)c3)cc2-n2c3ccc(-c4cccc(C)c4)cc3c3cc(-c4cccc(C)c4)ccc32)c1. The Morgan fingerprint density at radius 1 is 0.300 bits per heavy atom. The van der Waals surface area contributed by atoms with Crippen molar-refractivity contribution < 1.29 is 0 Å². The van der Waals surface area contributed by atoms with Crippen LogP contribution in [0.5, 0.6) is 0 Å². The van der Waals surface area contributed by atoms with Gasteiger partial charge in [0.05, 0.1) is 56.7 Å². The van der Waals surface area contributed by atoms with E-state index in [-0.39, 0.29) is 0 Å². The Labute approximate surface area is 407 Å². The molecule has 12 aromatic rings. The van der Waals surface area contributed by atoms with Gasteiger partial charge in [0.25, 0.3) is 0 Å². The lowest BCUT2D eigenvalue weighted by molar-refractivity contribution is 1.09. The molecule has 0 N–H and O–H groups in total. The number of aromatic nitrogens is 2. The highest BCUT2D eigenvalue weighted by atomic mass is 15.1. The Morgan fingerprint density at radius 2 is 0.629 bits per heavy atom. The second-order valence-corrected chi connectivity index (χ2v) is 18.8. The minimum absolute atomic E-state index is 0.515. The van der Waals surface area contributed by atoms with Gasteiger partial charge in [0.1, 0.15) is 0 Å². The van der Waals surface area contributed by atoms with Crippen LogP contribution < -0.4 is 0 Å². The first-order valence-electron chi connectivity index (χ1n) is 23.8. The fourth-order valence-electron chi connectivity index (χ4n) is 10.6. The molecule has 330 valence electrons. The summed E-state index contributed by atoms with van der Waals surface area (Å²) in [6, 6.07) is 78.7. The van der Waals surface area contributed by atoms with Crippen LogP contribution in [-0.4, -0.2) is 9.13 Å². The van der Waals surface area contributed by atoms with Crippen LogP contribution in [0.1, 0.15) is 33.4 Å². The predicted molar refractivity (Wildman–Crippen MR) is 291 cm³/mol. The maximum Gasteiger partial charge on any atom is 0.0998 e. The number of rotatable bonds is 7. The molecule has 0 bridgehead atoms. The van der Waals surface area contributed by atoms with Crippen LogP contribution in [0, 0.1) is 50.4 Å². The van der Waals surface area contributed by atoms with Gasteiger partial charge in [-0.05, 0) is 151 Å². The first-order valence-corrected chi connectivity index (χ1v) is 23.8. The van der Waals surface area contributed by atoms with Gasteiger partial charge in [-0.1, -0.05) is 156 Å². The van der Waals surface area contributed by atoms with Gasteiger partial charge in [-0.25, -0.2) is 0 Å². The van der Waals surface area contributed by atoms with E-state index in [2.05, 4.69) is 231 Å². The lowest BCUT2D eigenvalue weighted by Gasteiger charge is -2.20. The highest BCUT2D eigenvalue weighted by Gasteiger charge is 2.24. The summed E-state index contributed by atoms with van der Waals surface area (Å²) < 4.78 is 4.75. The van der Waals surface area contributed by atoms with Crippen LogP contribution >= 0.6 is 0 Å². The van der Waals surface area contributed by atoms with Crippen LogP contribution in [-0.2, 0) is 0 Å². The Hall–Kier alpha value is -9.22. The van der Waals surface area contributed by atoms with Crippen molar-refractivity contribution in [2.75, 3.05) is 0 Å². The third-order valence-corrected chi connectivity index (χ3v) is 14.0. The van der Waals surface area contributed by atoms with Gasteiger partial charge in [0, 0.05) is 27.1 Å². The van der Waals surface area contributed by atoms with Gasteiger partial charge in [-0.15, -0.1) is 0 Å². The van der Waals surface area contributed by atoms with Crippen molar-refractivity contribution in [3.63, 3.8) is 0 Å². The molecule has 4 heteroatoms. The van der Waals surface area contributed by atoms with E-state index in [1.807, 2.05) is 24.3 Å². The summed E-state index contributed by atoms with van der Waals surface area (Å²) in [6.07, 6.45) is 0. The molecule has 0 spiro atoms. The van der Waals surface area contributed by atoms with Gasteiger partial charge < -0.3 is 9.13 Å². The van der Waals surface area contributed by atoms with Crippen molar-refractivity contribution in [1.82, 2.24) is 9.13 Å². The predicted octanol–water partition coefficient (Wildman–Crippen LogP) is 17.2. The molecule has 0 aliphatic carbocycles. The zero-order valence-corrected chi connectivity index (χ0v) is 39.4. The standard InChI is InChI=1S/C66H46N4/c1-41-10-5-15-46(28-41)50-20-24-61-57(33-50)58-34-51(47-16-6-11-42(2)29-47)21-25-62(58)69(61)65-37-55(40-68)56(54-19-9-14-45(32-54)39-67)38-66(65)70-63-26-22-52(48-17-7-12-43(3)30-48)35-59(63)60-36-53(23-27-64(60)70)49-18-8-13-44(4)31-49/h5-38H,1-4H3. The van der Waals surface area contributed by atoms with E-state index in [1.165, 1.54) is 22.3 Å². The summed E-state index contributed by atoms with van der Waals surface area (Å²) in [7, 11) is 0. The minimum atomic E-state index is 0.515. The summed E-state index contributed by atoms with van der Waals surface area (Å²) >= 11 is 0.